The summed E-state index contributed by atoms with van der Waals surface area (Å²) in [5.74, 6) is -2.25. The summed E-state index contributed by atoms with van der Waals surface area (Å²) in [6.07, 6.45) is -0.386. The first-order chi connectivity index (χ1) is 11.3. The number of alkyl carbamates (subject to hydrolysis) is 1. The molecule has 140 valence electrons. The summed E-state index contributed by atoms with van der Waals surface area (Å²) in [7, 11) is 0. The first-order valence-corrected chi connectivity index (χ1v) is 8.04. The predicted molar refractivity (Wildman–Crippen MR) is 91.1 cm³/mol. The molecule has 1 atom stereocenters. The molecule has 0 spiro atoms. The molecule has 1 aromatic carbocycles. The summed E-state index contributed by atoms with van der Waals surface area (Å²) in [5.41, 5.74) is -0.825. The van der Waals surface area contributed by atoms with Crippen molar-refractivity contribution in [3.63, 3.8) is 0 Å². The minimum Gasteiger partial charge on any atom is -0.444 e. The van der Waals surface area contributed by atoms with Gasteiger partial charge in [-0.1, -0.05) is 6.07 Å². The molecular formula is C18H26F2N2O3. The second kappa shape index (κ2) is 7.80. The van der Waals surface area contributed by atoms with E-state index in [9.17, 15) is 18.4 Å². The number of hydrogen-bond acceptors (Lipinski definition) is 3. The molecule has 1 aromatic rings. The highest BCUT2D eigenvalue weighted by molar-refractivity contribution is 5.85. The van der Waals surface area contributed by atoms with Gasteiger partial charge in [-0.2, -0.15) is 0 Å². The van der Waals surface area contributed by atoms with Crippen LogP contribution in [0.3, 0.4) is 0 Å². The van der Waals surface area contributed by atoms with Gasteiger partial charge in [-0.3, -0.25) is 4.79 Å². The van der Waals surface area contributed by atoms with Gasteiger partial charge in [0, 0.05) is 5.54 Å². The summed E-state index contributed by atoms with van der Waals surface area (Å²) in [4.78, 5) is 24.0. The van der Waals surface area contributed by atoms with E-state index in [-0.39, 0.29) is 0 Å². The summed E-state index contributed by atoms with van der Waals surface area (Å²) in [6.45, 7) is 10.2. The zero-order valence-corrected chi connectivity index (χ0v) is 15.5. The number of nitrogens with one attached hydrogen (secondary N) is 2. The van der Waals surface area contributed by atoms with Gasteiger partial charge in [0.15, 0.2) is 11.6 Å². The van der Waals surface area contributed by atoms with Crippen molar-refractivity contribution in [3.8, 4) is 0 Å². The van der Waals surface area contributed by atoms with Crippen LogP contribution in [0.4, 0.5) is 13.6 Å². The Bertz CT molecular complexity index is 640. The van der Waals surface area contributed by atoms with Crippen molar-refractivity contribution in [2.24, 2.45) is 0 Å². The SMILES string of the molecule is C[C@@H](NC(=O)OC(C)(C)C)C(=O)NC(C)(C)Cc1ccc(F)c(F)c1. The number of rotatable bonds is 5. The Morgan fingerprint density at radius 3 is 2.24 bits per heavy atom. The molecule has 0 saturated heterocycles. The van der Waals surface area contributed by atoms with Crippen LogP contribution in [-0.4, -0.2) is 29.2 Å². The van der Waals surface area contributed by atoms with Crippen molar-refractivity contribution >= 4 is 12.0 Å². The van der Waals surface area contributed by atoms with Crippen LogP contribution >= 0.6 is 0 Å². The van der Waals surface area contributed by atoms with Crippen molar-refractivity contribution in [2.45, 2.75) is 65.1 Å². The highest BCUT2D eigenvalue weighted by Crippen LogP contribution is 2.16. The number of carbonyl (C=O) groups is 2. The van der Waals surface area contributed by atoms with Gasteiger partial charge < -0.3 is 15.4 Å². The molecule has 0 aromatic heterocycles. The lowest BCUT2D eigenvalue weighted by atomic mass is 9.94. The molecule has 0 bridgehead atoms. The quantitative estimate of drug-likeness (QED) is 0.850. The molecule has 0 saturated carbocycles. The van der Waals surface area contributed by atoms with E-state index in [0.29, 0.717) is 12.0 Å². The Morgan fingerprint density at radius 2 is 1.72 bits per heavy atom. The van der Waals surface area contributed by atoms with Gasteiger partial charge in [0.1, 0.15) is 11.6 Å². The lowest BCUT2D eigenvalue weighted by Gasteiger charge is -2.29. The Balaban J connectivity index is 2.63. The van der Waals surface area contributed by atoms with E-state index in [4.69, 9.17) is 4.74 Å². The molecule has 0 heterocycles. The lowest BCUT2D eigenvalue weighted by molar-refractivity contribution is -0.124. The molecular weight excluding hydrogens is 330 g/mol. The van der Waals surface area contributed by atoms with Crippen LogP contribution in [0.2, 0.25) is 0 Å². The number of halogens is 2. The maximum absolute atomic E-state index is 13.3. The maximum atomic E-state index is 13.3. The third kappa shape index (κ3) is 7.49. The van der Waals surface area contributed by atoms with Gasteiger partial charge in [0.05, 0.1) is 0 Å². The summed E-state index contributed by atoms with van der Waals surface area (Å²) >= 11 is 0. The molecule has 5 nitrogen and oxygen atoms in total. The van der Waals surface area contributed by atoms with Crippen molar-refractivity contribution in [1.82, 2.24) is 10.6 Å². The molecule has 0 radical (unpaired) electrons. The molecule has 1 rings (SSSR count). The highest BCUT2D eigenvalue weighted by Gasteiger charge is 2.26. The molecule has 0 fully saturated rings. The first kappa shape index (κ1) is 20.9. The molecule has 0 aliphatic carbocycles. The topological polar surface area (TPSA) is 67.4 Å². The average molecular weight is 356 g/mol. The van der Waals surface area contributed by atoms with Crippen molar-refractivity contribution in [1.29, 1.82) is 0 Å². The normalized spacial score (nSPS) is 13.1. The summed E-state index contributed by atoms with van der Waals surface area (Å²) < 4.78 is 31.4. The second-order valence-electron chi connectivity index (χ2n) is 7.67. The molecule has 2 N–H and O–H groups in total. The number of benzene rings is 1. The van der Waals surface area contributed by atoms with Gasteiger partial charge in [-0.25, -0.2) is 13.6 Å². The number of hydrogen-bond donors (Lipinski definition) is 2. The molecule has 0 aliphatic rings. The third-order valence-corrected chi connectivity index (χ3v) is 3.22. The van der Waals surface area contributed by atoms with E-state index in [0.717, 1.165) is 12.1 Å². The summed E-state index contributed by atoms with van der Waals surface area (Å²) in [5, 5.41) is 5.24. The summed E-state index contributed by atoms with van der Waals surface area (Å²) in [6, 6.07) is 2.81. The van der Waals surface area contributed by atoms with Crippen LogP contribution in [0.5, 0.6) is 0 Å². The molecule has 0 unspecified atom stereocenters. The standard InChI is InChI=1S/C18H26F2N2O3/c1-11(21-16(24)25-17(2,3)4)15(23)22-18(5,6)10-12-7-8-13(19)14(20)9-12/h7-9,11H,10H2,1-6H3,(H,21,24)(H,22,23)/t11-/m1/s1. The second-order valence-corrected chi connectivity index (χ2v) is 7.67. The van der Waals surface area contributed by atoms with Gasteiger partial charge in [0.25, 0.3) is 0 Å². The molecule has 0 aliphatic heterocycles. The number of carbonyl (C=O) groups excluding carboxylic acids is 2. The van der Waals surface area contributed by atoms with Crippen molar-refractivity contribution < 1.29 is 23.1 Å². The predicted octanol–water partition coefficient (Wildman–Crippen LogP) is 3.32. The van der Waals surface area contributed by atoms with Crippen LogP contribution in [0, 0.1) is 11.6 Å². The van der Waals surface area contributed by atoms with Crippen LogP contribution in [-0.2, 0) is 16.0 Å². The van der Waals surface area contributed by atoms with Gasteiger partial charge >= 0.3 is 6.09 Å². The zero-order valence-electron chi connectivity index (χ0n) is 15.5. The minimum atomic E-state index is -0.931. The monoisotopic (exact) mass is 356 g/mol. The third-order valence-electron chi connectivity index (χ3n) is 3.22. The van der Waals surface area contributed by atoms with E-state index in [1.54, 1.807) is 34.6 Å². The minimum absolute atomic E-state index is 0.301. The average Bonchev–Trinajstić information content (AvgIpc) is 2.39. The van der Waals surface area contributed by atoms with Crippen molar-refractivity contribution in [2.75, 3.05) is 0 Å². The highest BCUT2D eigenvalue weighted by atomic mass is 19.2. The fraction of sp³-hybridized carbons (Fsp3) is 0.556. The molecule has 25 heavy (non-hydrogen) atoms. The molecule has 2 amide bonds. The first-order valence-electron chi connectivity index (χ1n) is 8.04. The van der Waals surface area contributed by atoms with E-state index in [2.05, 4.69) is 10.6 Å². The largest absolute Gasteiger partial charge is 0.444 e. The Hall–Kier alpha value is -2.18. The van der Waals surface area contributed by atoms with E-state index in [1.165, 1.54) is 13.0 Å². The van der Waals surface area contributed by atoms with E-state index < -0.39 is 40.8 Å². The van der Waals surface area contributed by atoms with Gasteiger partial charge in [-0.05, 0) is 65.7 Å². The van der Waals surface area contributed by atoms with Gasteiger partial charge in [-0.15, -0.1) is 0 Å². The molecule has 7 heteroatoms. The van der Waals surface area contributed by atoms with E-state index >= 15 is 0 Å². The van der Waals surface area contributed by atoms with Crippen LogP contribution < -0.4 is 10.6 Å². The van der Waals surface area contributed by atoms with E-state index in [1.807, 2.05) is 0 Å². The maximum Gasteiger partial charge on any atom is 0.408 e. The van der Waals surface area contributed by atoms with Crippen LogP contribution in [0.25, 0.3) is 0 Å². The fourth-order valence-electron chi connectivity index (χ4n) is 2.20. The number of amides is 2. The van der Waals surface area contributed by atoms with Crippen LogP contribution in [0.1, 0.15) is 47.1 Å². The smallest absolute Gasteiger partial charge is 0.408 e. The lowest BCUT2D eigenvalue weighted by Crippen LogP contribution is -2.53. The fourth-order valence-corrected chi connectivity index (χ4v) is 2.20. The zero-order chi connectivity index (χ0) is 19.4. The van der Waals surface area contributed by atoms with Crippen LogP contribution in [0.15, 0.2) is 18.2 Å². The Labute approximate surface area is 147 Å². The Kier molecular flexibility index (Phi) is 6.51. The Morgan fingerprint density at radius 1 is 1.12 bits per heavy atom. The number of ether oxygens (including phenoxy) is 1. The van der Waals surface area contributed by atoms with Crippen molar-refractivity contribution in [3.05, 3.63) is 35.4 Å². The van der Waals surface area contributed by atoms with Gasteiger partial charge in [0.2, 0.25) is 5.91 Å².